The number of urea groups is 1. The number of rotatable bonds is 4. The number of ether oxygens (including phenoxy) is 1. The van der Waals surface area contributed by atoms with Crippen molar-refractivity contribution in [2.75, 3.05) is 26.2 Å². The first-order valence-corrected chi connectivity index (χ1v) is 8.11. The maximum absolute atomic E-state index is 12.4. The van der Waals surface area contributed by atoms with Gasteiger partial charge in [-0.05, 0) is 42.6 Å². The predicted octanol–water partition coefficient (Wildman–Crippen LogP) is 2.54. The van der Waals surface area contributed by atoms with Crippen molar-refractivity contribution in [2.45, 2.75) is 32.8 Å². The minimum absolute atomic E-state index is 0.0422. The van der Waals surface area contributed by atoms with Gasteiger partial charge in [0.15, 0.2) is 0 Å². The van der Waals surface area contributed by atoms with Gasteiger partial charge in [0.2, 0.25) is 0 Å². The molecule has 21 heavy (non-hydrogen) atoms. The monoisotopic (exact) mass is 356 g/mol. The van der Waals surface area contributed by atoms with Crippen LogP contribution < -0.4 is 4.74 Å². The molecule has 0 aliphatic carbocycles. The zero-order valence-electron chi connectivity index (χ0n) is 12.5. The molecule has 0 saturated carbocycles. The van der Waals surface area contributed by atoms with Crippen molar-refractivity contribution in [2.24, 2.45) is 0 Å². The number of carbonyl (C=O) groups excluding carboxylic acids is 1. The van der Waals surface area contributed by atoms with Crippen LogP contribution in [0, 0.1) is 0 Å². The molecular formula is C14H21BrN4O2. The Morgan fingerprint density at radius 1 is 1.43 bits per heavy atom. The van der Waals surface area contributed by atoms with Gasteiger partial charge in [0.25, 0.3) is 0 Å². The van der Waals surface area contributed by atoms with Crippen molar-refractivity contribution in [1.82, 2.24) is 19.8 Å². The topological polar surface area (TPSA) is 58.6 Å². The molecule has 7 heteroatoms. The lowest BCUT2D eigenvalue weighted by Gasteiger charge is -2.35. The molecule has 2 amide bonds. The Kier molecular flexibility index (Phi) is 5.78. The number of likely N-dealkylation sites (tertiary alicyclic amines) is 1. The zero-order chi connectivity index (χ0) is 15.2. The van der Waals surface area contributed by atoms with Crippen molar-refractivity contribution < 1.29 is 9.53 Å². The van der Waals surface area contributed by atoms with Crippen LogP contribution in [0.1, 0.15) is 26.7 Å². The fourth-order valence-corrected chi connectivity index (χ4v) is 2.62. The first-order chi connectivity index (χ1) is 10.1. The van der Waals surface area contributed by atoms with Gasteiger partial charge >= 0.3 is 12.0 Å². The minimum Gasteiger partial charge on any atom is -0.458 e. The molecule has 1 aromatic heterocycles. The number of hydrogen-bond donors (Lipinski definition) is 0. The Bertz CT molecular complexity index is 465. The van der Waals surface area contributed by atoms with E-state index in [9.17, 15) is 4.79 Å². The van der Waals surface area contributed by atoms with E-state index >= 15 is 0 Å². The summed E-state index contributed by atoms with van der Waals surface area (Å²) in [4.78, 5) is 24.3. The molecule has 2 rings (SSSR count). The Morgan fingerprint density at radius 2 is 2.10 bits per heavy atom. The smallest absolute Gasteiger partial charge is 0.320 e. The van der Waals surface area contributed by atoms with Gasteiger partial charge in [-0.2, -0.15) is 0 Å². The summed E-state index contributed by atoms with van der Waals surface area (Å²) in [6.45, 7) is 6.83. The summed E-state index contributed by atoms with van der Waals surface area (Å²) in [5, 5.41) is 0. The highest BCUT2D eigenvalue weighted by Gasteiger charge is 2.27. The SMILES string of the molecule is CCN(CC)C(=O)N1CCCC(Oc2ncc(Br)cn2)C1. The average molecular weight is 357 g/mol. The highest BCUT2D eigenvalue weighted by Crippen LogP contribution is 2.17. The molecule has 0 radical (unpaired) electrons. The van der Waals surface area contributed by atoms with E-state index in [0.717, 1.165) is 36.9 Å². The summed E-state index contributed by atoms with van der Waals surface area (Å²) in [5.74, 6) is 0. The normalized spacial score (nSPS) is 18.4. The van der Waals surface area contributed by atoms with E-state index in [1.54, 1.807) is 12.4 Å². The maximum Gasteiger partial charge on any atom is 0.320 e. The van der Waals surface area contributed by atoms with E-state index in [2.05, 4.69) is 25.9 Å². The number of piperidine rings is 1. The summed E-state index contributed by atoms with van der Waals surface area (Å²) in [6.07, 6.45) is 5.13. The third-order valence-electron chi connectivity index (χ3n) is 3.55. The van der Waals surface area contributed by atoms with Crippen LogP contribution in [-0.4, -0.2) is 58.1 Å². The van der Waals surface area contributed by atoms with Crippen LogP contribution in [0.5, 0.6) is 6.01 Å². The molecule has 1 atom stereocenters. The molecule has 1 aliphatic rings. The molecule has 1 aliphatic heterocycles. The lowest BCUT2D eigenvalue weighted by atomic mass is 10.1. The first kappa shape index (κ1) is 16.0. The number of nitrogens with zero attached hydrogens (tertiary/aromatic N) is 4. The number of aromatic nitrogens is 2. The van der Waals surface area contributed by atoms with Crippen LogP contribution in [0.3, 0.4) is 0 Å². The van der Waals surface area contributed by atoms with Crippen molar-refractivity contribution in [1.29, 1.82) is 0 Å². The fourth-order valence-electron chi connectivity index (χ4n) is 2.41. The molecule has 0 aromatic carbocycles. The molecule has 1 fully saturated rings. The van der Waals surface area contributed by atoms with E-state index in [1.165, 1.54) is 0 Å². The molecule has 0 N–H and O–H groups in total. The van der Waals surface area contributed by atoms with Crippen LogP contribution in [-0.2, 0) is 0 Å². The molecule has 0 bridgehead atoms. The number of hydrogen-bond acceptors (Lipinski definition) is 4. The second-order valence-corrected chi connectivity index (χ2v) is 5.88. The second-order valence-electron chi connectivity index (χ2n) is 4.97. The van der Waals surface area contributed by atoms with Crippen LogP contribution in [0.4, 0.5) is 4.79 Å². The van der Waals surface area contributed by atoms with Crippen molar-refractivity contribution in [3.8, 4) is 6.01 Å². The molecule has 0 spiro atoms. The predicted molar refractivity (Wildman–Crippen MR) is 83.3 cm³/mol. The molecule has 1 saturated heterocycles. The maximum atomic E-state index is 12.4. The summed E-state index contributed by atoms with van der Waals surface area (Å²) >= 11 is 3.29. The average Bonchev–Trinajstić information content (AvgIpc) is 2.51. The van der Waals surface area contributed by atoms with Crippen LogP contribution in [0.15, 0.2) is 16.9 Å². The Morgan fingerprint density at radius 3 is 2.71 bits per heavy atom. The fraction of sp³-hybridized carbons (Fsp3) is 0.643. The second kappa shape index (κ2) is 7.59. The van der Waals surface area contributed by atoms with Gasteiger partial charge in [0.05, 0.1) is 11.0 Å². The van der Waals surface area contributed by atoms with Crippen molar-refractivity contribution in [3.63, 3.8) is 0 Å². The molecule has 6 nitrogen and oxygen atoms in total. The summed E-state index contributed by atoms with van der Waals surface area (Å²) in [6, 6.07) is 0.449. The van der Waals surface area contributed by atoms with E-state index in [4.69, 9.17) is 4.74 Å². The minimum atomic E-state index is -0.0422. The molecule has 2 heterocycles. The van der Waals surface area contributed by atoms with Crippen LogP contribution in [0.2, 0.25) is 0 Å². The highest BCUT2D eigenvalue weighted by molar-refractivity contribution is 9.10. The molecular weight excluding hydrogens is 336 g/mol. The van der Waals surface area contributed by atoms with Gasteiger partial charge in [-0.3, -0.25) is 0 Å². The van der Waals surface area contributed by atoms with E-state index in [-0.39, 0.29) is 12.1 Å². The van der Waals surface area contributed by atoms with Gasteiger partial charge in [-0.1, -0.05) is 0 Å². The third kappa shape index (κ3) is 4.30. The summed E-state index contributed by atoms with van der Waals surface area (Å²) < 4.78 is 6.60. The van der Waals surface area contributed by atoms with E-state index in [1.807, 2.05) is 23.6 Å². The quantitative estimate of drug-likeness (QED) is 0.831. The number of amides is 2. The first-order valence-electron chi connectivity index (χ1n) is 7.32. The standard InChI is InChI=1S/C14H21BrN4O2/c1-3-18(4-2)14(20)19-7-5-6-12(10-19)21-13-16-8-11(15)9-17-13/h8-9,12H,3-7,10H2,1-2H3. The lowest BCUT2D eigenvalue weighted by molar-refractivity contribution is 0.0805. The highest BCUT2D eigenvalue weighted by atomic mass is 79.9. The van der Waals surface area contributed by atoms with Gasteiger partial charge in [-0.25, -0.2) is 14.8 Å². The Balaban J connectivity index is 1.94. The van der Waals surface area contributed by atoms with Gasteiger partial charge < -0.3 is 14.5 Å². The lowest BCUT2D eigenvalue weighted by Crippen LogP contribution is -2.50. The Hall–Kier alpha value is -1.37. The van der Waals surface area contributed by atoms with Crippen LogP contribution in [0.25, 0.3) is 0 Å². The third-order valence-corrected chi connectivity index (χ3v) is 3.96. The molecule has 1 aromatic rings. The van der Waals surface area contributed by atoms with Gasteiger partial charge in [-0.15, -0.1) is 0 Å². The Labute approximate surface area is 133 Å². The summed E-state index contributed by atoms with van der Waals surface area (Å²) in [7, 11) is 0. The molecule has 116 valence electrons. The van der Waals surface area contributed by atoms with Crippen molar-refractivity contribution >= 4 is 22.0 Å². The number of carbonyl (C=O) groups is 1. The van der Waals surface area contributed by atoms with E-state index in [0.29, 0.717) is 12.6 Å². The zero-order valence-corrected chi connectivity index (χ0v) is 14.0. The van der Waals surface area contributed by atoms with Gasteiger partial charge in [0, 0.05) is 32.0 Å². The van der Waals surface area contributed by atoms with Crippen molar-refractivity contribution in [3.05, 3.63) is 16.9 Å². The largest absolute Gasteiger partial charge is 0.458 e. The molecule has 1 unspecified atom stereocenters. The number of halogens is 1. The van der Waals surface area contributed by atoms with Gasteiger partial charge in [0.1, 0.15) is 6.10 Å². The van der Waals surface area contributed by atoms with E-state index < -0.39 is 0 Å². The van der Waals surface area contributed by atoms with Crippen LogP contribution >= 0.6 is 15.9 Å². The summed E-state index contributed by atoms with van der Waals surface area (Å²) in [5.41, 5.74) is 0.